The van der Waals surface area contributed by atoms with E-state index in [4.69, 9.17) is 0 Å². The third-order valence-corrected chi connectivity index (χ3v) is 14.7. The van der Waals surface area contributed by atoms with Crippen LogP contribution in [-0.2, 0) is 0 Å². The van der Waals surface area contributed by atoms with Crippen LogP contribution in [0.2, 0.25) is 0 Å². The first kappa shape index (κ1) is 18.0. The van der Waals surface area contributed by atoms with Crippen LogP contribution in [-0.4, -0.2) is 0 Å². The fourth-order valence-electron chi connectivity index (χ4n) is 2.12. The standard InChI is InChI=1S/C16H8S9/c1-2-10(12-8-22-16(25-12)14-19-5-6-20-14)23-9(1)11-7-21-15(24-11)13-17-3-4-18-13/h1-8H. The van der Waals surface area contributed by atoms with Crippen LogP contribution in [0.15, 0.2) is 61.5 Å². The highest BCUT2D eigenvalue weighted by Gasteiger charge is 2.23. The maximum Gasteiger partial charge on any atom is 0.0700 e. The summed E-state index contributed by atoms with van der Waals surface area (Å²) in [5.74, 6) is 0. The molecule has 0 radical (unpaired) electrons. The number of hydrogen-bond acceptors (Lipinski definition) is 9. The van der Waals surface area contributed by atoms with E-state index in [-0.39, 0.29) is 0 Å². The van der Waals surface area contributed by atoms with Gasteiger partial charge < -0.3 is 0 Å². The van der Waals surface area contributed by atoms with Gasteiger partial charge in [-0.25, -0.2) is 0 Å². The second kappa shape index (κ2) is 8.13. The summed E-state index contributed by atoms with van der Waals surface area (Å²) in [5, 5.41) is 13.3. The van der Waals surface area contributed by atoms with Crippen molar-refractivity contribution >= 4 is 115 Å². The molecule has 25 heavy (non-hydrogen) atoms. The summed E-state index contributed by atoms with van der Waals surface area (Å²) in [6.45, 7) is 0. The van der Waals surface area contributed by atoms with Gasteiger partial charge in [-0.05, 0) is 44.6 Å². The lowest BCUT2D eigenvalue weighted by Crippen LogP contribution is -1.69. The zero-order valence-corrected chi connectivity index (χ0v) is 19.6. The maximum atomic E-state index is 2.30. The van der Waals surface area contributed by atoms with Crippen LogP contribution in [0.3, 0.4) is 0 Å². The summed E-state index contributed by atoms with van der Waals surface area (Å²) >= 11 is 16.8. The van der Waals surface area contributed by atoms with Crippen molar-refractivity contribution < 1.29 is 0 Å². The molecule has 0 unspecified atom stereocenters. The summed E-state index contributed by atoms with van der Waals surface area (Å²) in [6, 6.07) is 4.55. The first-order chi connectivity index (χ1) is 12.4. The van der Waals surface area contributed by atoms with Gasteiger partial charge >= 0.3 is 0 Å². The first-order valence-corrected chi connectivity index (χ1v) is 14.7. The summed E-state index contributed by atoms with van der Waals surface area (Å²) in [4.78, 5) is 5.53. The van der Waals surface area contributed by atoms with Gasteiger partial charge in [-0.1, -0.05) is 94.1 Å². The third-order valence-electron chi connectivity index (χ3n) is 3.19. The molecule has 126 valence electrons. The summed E-state index contributed by atoms with van der Waals surface area (Å²) in [6.07, 6.45) is 0. The van der Waals surface area contributed by atoms with E-state index in [9.17, 15) is 0 Å². The fourth-order valence-corrected chi connectivity index (χ4v) is 12.4. The van der Waals surface area contributed by atoms with Crippen molar-refractivity contribution in [2.24, 2.45) is 0 Å². The average Bonchev–Trinajstić information content (AvgIpc) is 3.48. The summed E-state index contributed by atoms with van der Waals surface area (Å²) in [5.41, 5.74) is 0. The van der Waals surface area contributed by atoms with E-state index in [0.29, 0.717) is 0 Å². The zero-order valence-electron chi connectivity index (χ0n) is 12.3. The largest absolute Gasteiger partial charge is 0.134 e. The van der Waals surface area contributed by atoms with Gasteiger partial charge in [-0.15, -0.1) is 11.3 Å². The Morgan fingerprint density at radius 3 is 1.36 bits per heavy atom. The molecule has 5 rings (SSSR count). The lowest BCUT2D eigenvalue weighted by atomic mass is 10.4. The molecule has 0 saturated heterocycles. The van der Waals surface area contributed by atoms with Gasteiger partial charge in [-0.2, -0.15) is 0 Å². The van der Waals surface area contributed by atoms with Crippen LogP contribution in [0, 0.1) is 0 Å². The van der Waals surface area contributed by atoms with Crippen molar-refractivity contribution in [3.8, 4) is 0 Å². The Labute approximate surface area is 184 Å². The molecule has 9 heteroatoms. The van der Waals surface area contributed by atoms with Crippen molar-refractivity contribution in [3.05, 3.63) is 71.3 Å². The number of rotatable bonds is 2. The fraction of sp³-hybridized carbons (Fsp3) is 0. The van der Waals surface area contributed by atoms with Gasteiger partial charge in [0.25, 0.3) is 0 Å². The number of hydrogen-bond donors (Lipinski definition) is 0. The van der Waals surface area contributed by atoms with Crippen LogP contribution in [0.4, 0.5) is 0 Å². The van der Waals surface area contributed by atoms with Gasteiger partial charge in [-0.3, -0.25) is 0 Å². The van der Waals surface area contributed by atoms with Crippen molar-refractivity contribution in [1.82, 2.24) is 0 Å². The highest BCUT2D eigenvalue weighted by atomic mass is 32.2. The van der Waals surface area contributed by atoms with Crippen LogP contribution in [0.25, 0.3) is 9.81 Å². The van der Waals surface area contributed by atoms with Crippen molar-refractivity contribution in [2.75, 3.05) is 0 Å². The quantitative estimate of drug-likeness (QED) is 0.398. The van der Waals surface area contributed by atoms with Gasteiger partial charge in [0.05, 0.1) is 16.9 Å². The Bertz CT molecular complexity index is 817. The minimum absolute atomic E-state index is 1.38. The second-order valence-electron chi connectivity index (χ2n) is 4.73. The Morgan fingerprint density at radius 2 is 0.920 bits per heavy atom. The molecule has 0 bridgehead atoms. The third kappa shape index (κ3) is 3.91. The molecule has 0 fully saturated rings. The van der Waals surface area contributed by atoms with Crippen molar-refractivity contribution in [2.45, 2.75) is 0 Å². The molecule has 0 spiro atoms. The molecule has 5 heterocycles. The molecule has 1 aromatic heterocycles. The van der Waals surface area contributed by atoms with E-state index in [1.54, 1.807) is 0 Å². The Kier molecular flexibility index (Phi) is 5.85. The van der Waals surface area contributed by atoms with Gasteiger partial charge in [0, 0.05) is 19.6 Å². The number of thiophene rings is 1. The van der Waals surface area contributed by atoms with Crippen LogP contribution < -0.4 is 0 Å². The van der Waals surface area contributed by atoms with Crippen molar-refractivity contribution in [3.63, 3.8) is 0 Å². The van der Waals surface area contributed by atoms with Gasteiger partial charge in [0.2, 0.25) is 0 Å². The zero-order chi connectivity index (χ0) is 16.6. The lowest BCUT2D eigenvalue weighted by Gasteiger charge is -2.01. The SMILES string of the molecule is C1=CSC(=C2SC=C(c3ccc(C4=CSC(=C5SC=CS5)S4)s3)S2)S1. The maximum absolute atomic E-state index is 2.30. The van der Waals surface area contributed by atoms with Gasteiger partial charge in [0.1, 0.15) is 0 Å². The van der Waals surface area contributed by atoms with Crippen LogP contribution in [0.5, 0.6) is 0 Å². The molecule has 0 nitrogen and oxygen atoms in total. The predicted molar refractivity (Wildman–Crippen MR) is 133 cm³/mol. The Morgan fingerprint density at radius 1 is 0.480 bits per heavy atom. The van der Waals surface area contributed by atoms with E-state index in [1.165, 1.54) is 36.5 Å². The Hall–Kier alpha value is 0.940. The van der Waals surface area contributed by atoms with Crippen molar-refractivity contribution in [1.29, 1.82) is 0 Å². The molecule has 0 N–H and O–H groups in total. The smallest absolute Gasteiger partial charge is 0.0700 e. The molecule has 4 aliphatic heterocycles. The number of thioether (sulfide) groups is 8. The lowest BCUT2D eigenvalue weighted by molar-refractivity contribution is 1.91. The molecule has 1 aromatic rings. The van der Waals surface area contributed by atoms with Crippen LogP contribution >= 0.6 is 105 Å². The first-order valence-electron chi connectivity index (χ1n) is 7.02. The molecule has 4 aliphatic rings. The minimum atomic E-state index is 1.38. The van der Waals surface area contributed by atoms with E-state index in [2.05, 4.69) is 44.6 Å². The normalized spacial score (nSPS) is 22.6. The molecule has 0 saturated carbocycles. The van der Waals surface area contributed by atoms with E-state index >= 15 is 0 Å². The minimum Gasteiger partial charge on any atom is -0.134 e. The highest BCUT2D eigenvalue weighted by Crippen LogP contribution is 2.59. The molecule has 0 atom stereocenters. The van der Waals surface area contributed by atoms with E-state index in [0.717, 1.165) is 0 Å². The van der Waals surface area contributed by atoms with Crippen LogP contribution in [0.1, 0.15) is 9.75 Å². The second-order valence-corrected chi connectivity index (χ2v) is 14.4. The van der Waals surface area contributed by atoms with Gasteiger partial charge in [0.15, 0.2) is 0 Å². The summed E-state index contributed by atoms with van der Waals surface area (Å²) in [7, 11) is 0. The highest BCUT2D eigenvalue weighted by molar-refractivity contribution is 8.36. The molecule has 0 amide bonds. The van der Waals surface area contributed by atoms with E-state index in [1.807, 2.05) is 105 Å². The molecular formula is C16H8S9. The molecule has 0 aliphatic carbocycles. The monoisotopic (exact) mass is 488 g/mol. The molecule has 0 aromatic carbocycles. The topological polar surface area (TPSA) is 0 Å². The summed E-state index contributed by atoms with van der Waals surface area (Å²) < 4.78 is 5.68. The Balaban J connectivity index is 1.30. The molecular weight excluding hydrogens is 481 g/mol. The van der Waals surface area contributed by atoms with E-state index < -0.39 is 0 Å². The predicted octanol–water partition coefficient (Wildman–Crippen LogP) is 9.46. The average molecular weight is 489 g/mol.